The van der Waals surface area contributed by atoms with Crippen LogP contribution in [0.3, 0.4) is 0 Å². The molecule has 0 spiro atoms. The number of aromatic nitrogens is 2. The van der Waals surface area contributed by atoms with Gasteiger partial charge >= 0.3 is 0 Å². The number of benzene rings is 10. The molecule has 11 aromatic carbocycles. The molecule has 0 saturated carbocycles. The fourth-order valence-corrected chi connectivity index (χ4v) is 14.5. The normalized spacial score (nSPS) is 12.5. The van der Waals surface area contributed by atoms with Crippen LogP contribution in [-0.4, -0.2) is 9.13 Å². The molecule has 4 nitrogen and oxygen atoms in total. The molecule has 0 aliphatic rings. The monoisotopic (exact) mass is 982 g/mol. The Labute approximate surface area is 441 Å². The van der Waals surface area contributed by atoms with Crippen LogP contribution in [0.1, 0.15) is 66.8 Å². The number of nitrogens with zero attached hydrogens (tertiary/aromatic N) is 2. The second kappa shape index (κ2) is 15.5. The van der Waals surface area contributed by atoms with E-state index in [0.29, 0.717) is 0 Å². The summed E-state index contributed by atoms with van der Waals surface area (Å²) in [5.74, 6) is 0. The van der Waals surface area contributed by atoms with Gasteiger partial charge < -0.3 is 18.0 Å². The Bertz CT molecular complexity index is 4600. The lowest BCUT2D eigenvalue weighted by molar-refractivity contribution is 0.661. The van der Waals surface area contributed by atoms with E-state index in [4.69, 9.17) is 8.83 Å². The van der Waals surface area contributed by atoms with Gasteiger partial charge in [-0.2, -0.15) is 0 Å². The minimum absolute atomic E-state index is 0.982. The fourth-order valence-electron chi connectivity index (χ4n) is 14.5. The molecule has 0 saturated heterocycles. The van der Waals surface area contributed by atoms with E-state index in [2.05, 4.69) is 226 Å². The lowest BCUT2D eigenvalue weighted by Crippen LogP contribution is -1.94. The quantitative estimate of drug-likeness (QED) is 0.173. The van der Waals surface area contributed by atoms with E-state index in [9.17, 15) is 0 Å². The Morgan fingerprint density at radius 1 is 0.237 bits per heavy atom. The topological polar surface area (TPSA) is 36.1 Å². The summed E-state index contributed by atoms with van der Waals surface area (Å²) in [6.45, 7) is 27.5. The van der Waals surface area contributed by atoms with Crippen molar-refractivity contribution in [2.45, 2.75) is 83.1 Å². The van der Waals surface area contributed by atoms with E-state index in [-0.39, 0.29) is 0 Å². The van der Waals surface area contributed by atoms with Crippen LogP contribution in [0.2, 0.25) is 0 Å². The molecule has 0 aliphatic carbocycles. The molecular formula is C72H58N2O2. The first-order valence-corrected chi connectivity index (χ1v) is 26.9. The predicted octanol–water partition coefficient (Wildman–Crippen LogP) is 20.6. The number of hydrogen-bond acceptors (Lipinski definition) is 2. The van der Waals surface area contributed by atoms with E-state index in [1.165, 1.54) is 175 Å². The highest BCUT2D eigenvalue weighted by Gasteiger charge is 2.26. The zero-order chi connectivity index (χ0) is 52.1. The van der Waals surface area contributed by atoms with Crippen molar-refractivity contribution < 1.29 is 8.83 Å². The number of fused-ring (bicyclic) bond motifs is 12. The van der Waals surface area contributed by atoms with E-state index in [0.717, 1.165) is 33.7 Å². The van der Waals surface area contributed by atoms with Crippen molar-refractivity contribution in [3.8, 4) is 11.4 Å². The second-order valence-corrected chi connectivity index (χ2v) is 22.3. The van der Waals surface area contributed by atoms with Gasteiger partial charge in [0, 0.05) is 54.5 Å². The van der Waals surface area contributed by atoms with Gasteiger partial charge in [-0.25, -0.2) is 0 Å². The average molecular weight is 983 g/mol. The highest BCUT2D eigenvalue weighted by Crippen LogP contribution is 2.48. The van der Waals surface area contributed by atoms with Gasteiger partial charge in [-0.3, -0.25) is 0 Å². The molecule has 4 aromatic heterocycles. The van der Waals surface area contributed by atoms with Gasteiger partial charge in [0.2, 0.25) is 0 Å². The summed E-state index contributed by atoms with van der Waals surface area (Å²) in [4.78, 5) is 0. The largest absolute Gasteiger partial charge is 0.455 e. The summed E-state index contributed by atoms with van der Waals surface area (Å²) in [7, 11) is 0. The van der Waals surface area contributed by atoms with Crippen molar-refractivity contribution >= 4 is 131 Å². The Morgan fingerprint density at radius 3 is 0.711 bits per heavy atom. The van der Waals surface area contributed by atoms with Gasteiger partial charge in [0.05, 0.1) is 22.1 Å². The molecule has 0 unspecified atom stereocenters. The molecule has 0 radical (unpaired) electrons. The van der Waals surface area contributed by atoms with Crippen LogP contribution in [0.4, 0.5) is 0 Å². The molecule has 0 aliphatic heterocycles. The summed E-state index contributed by atoms with van der Waals surface area (Å²) < 4.78 is 19.2. The van der Waals surface area contributed by atoms with Gasteiger partial charge in [0.15, 0.2) is 0 Å². The highest BCUT2D eigenvalue weighted by atomic mass is 16.3. The zero-order valence-electron chi connectivity index (χ0n) is 45.4. The van der Waals surface area contributed by atoms with Crippen LogP contribution in [-0.2, 0) is 0 Å². The van der Waals surface area contributed by atoms with E-state index in [1.54, 1.807) is 0 Å². The lowest BCUT2D eigenvalue weighted by Gasteiger charge is -2.13. The minimum Gasteiger partial charge on any atom is -0.455 e. The number of rotatable bonds is 2. The van der Waals surface area contributed by atoms with Crippen LogP contribution in [0.25, 0.3) is 142 Å². The Hall–Kier alpha value is -8.60. The molecule has 0 N–H and O–H groups in total. The number of para-hydroxylation sites is 2. The zero-order valence-corrected chi connectivity index (χ0v) is 45.4. The van der Waals surface area contributed by atoms with Gasteiger partial charge in [0.25, 0.3) is 0 Å². The van der Waals surface area contributed by atoms with Crippen LogP contribution >= 0.6 is 0 Å². The molecule has 0 fully saturated rings. The summed E-state index contributed by atoms with van der Waals surface area (Å²) in [6.07, 6.45) is 0. The molecule has 0 atom stereocenters. The van der Waals surface area contributed by atoms with Crippen LogP contribution < -0.4 is 0 Å². The number of hydrogen-bond donors (Lipinski definition) is 0. The predicted molar refractivity (Wildman–Crippen MR) is 325 cm³/mol. The molecule has 4 heterocycles. The molecule has 16 bridgehead atoms. The first kappa shape index (κ1) is 44.8. The van der Waals surface area contributed by atoms with Crippen molar-refractivity contribution in [1.29, 1.82) is 0 Å². The maximum Gasteiger partial charge on any atom is 0.138 e. The van der Waals surface area contributed by atoms with Crippen LogP contribution in [0.5, 0.6) is 0 Å². The second-order valence-electron chi connectivity index (χ2n) is 22.3. The maximum atomic E-state index is 7.14. The Balaban J connectivity index is 1.20. The Morgan fingerprint density at radius 2 is 0.474 bits per heavy atom. The van der Waals surface area contributed by atoms with Gasteiger partial charge in [-0.1, -0.05) is 60.7 Å². The number of aryl methyl sites for hydroxylation is 12. The maximum absolute atomic E-state index is 7.14. The van der Waals surface area contributed by atoms with Crippen molar-refractivity contribution in [1.82, 2.24) is 9.13 Å². The molecule has 0 amide bonds. The average Bonchev–Trinajstić information content (AvgIpc) is 4.34. The molecule has 4 heteroatoms. The van der Waals surface area contributed by atoms with E-state index >= 15 is 0 Å². The van der Waals surface area contributed by atoms with Crippen molar-refractivity contribution in [3.05, 3.63) is 200 Å². The van der Waals surface area contributed by atoms with Crippen molar-refractivity contribution in [2.24, 2.45) is 0 Å². The SMILES string of the molecule is Cc1c(C)c2c(C)c3c1oc1c(C)c(C)c(c(C)c13)c1ccc3c(c1)c1cc(ccc1n3-c1ccccc1)c1c(C)c(C)c3oc4c(C)c(C)c(c(C)c4c3c1C)c1ccc3c(c1)c1cc2ccc1n3-c1ccccc1. The first-order valence-electron chi connectivity index (χ1n) is 26.9. The summed E-state index contributed by atoms with van der Waals surface area (Å²) in [5.41, 5.74) is 25.7. The third-order valence-electron chi connectivity index (χ3n) is 18.6. The first-order chi connectivity index (χ1) is 36.7. The summed E-state index contributed by atoms with van der Waals surface area (Å²) in [6, 6.07) is 50.4. The lowest BCUT2D eigenvalue weighted by atomic mass is 9.89. The van der Waals surface area contributed by atoms with Crippen LogP contribution in [0, 0.1) is 83.1 Å². The van der Waals surface area contributed by atoms with Gasteiger partial charge in [0.1, 0.15) is 22.3 Å². The molecular weight excluding hydrogens is 925 g/mol. The van der Waals surface area contributed by atoms with Gasteiger partial charge in [-0.05, 0) is 266 Å². The molecule has 15 rings (SSSR count). The van der Waals surface area contributed by atoms with Gasteiger partial charge in [-0.15, -0.1) is 0 Å². The van der Waals surface area contributed by atoms with Crippen LogP contribution in [0.15, 0.2) is 142 Å². The van der Waals surface area contributed by atoms with E-state index < -0.39 is 0 Å². The summed E-state index contributed by atoms with van der Waals surface area (Å²) in [5, 5.41) is 19.7. The highest BCUT2D eigenvalue weighted by molar-refractivity contribution is 6.23. The standard InChI is InChI=1S/C72H58N2O2/c1-35-39(5)69-65-43(9)61(35)47-23-27-57-53(31-47)54-32-48(24-28-58(54)73(57)51-19-15-13-16-20-51)63-37(3)41(7)71-67(45(63)11)68-46(12)64(38(4)42(8)72(68)76-71)50-26-30-60-56(34-50)55-33-49(25-29-59(55)74(60)52-21-17-14-18-22-52)62-36(2)40(6)70(75-69)66(65)44(62)10/h13-34H,1-12H3. The van der Waals surface area contributed by atoms with Crippen molar-refractivity contribution in [2.75, 3.05) is 0 Å². The summed E-state index contributed by atoms with van der Waals surface area (Å²) >= 11 is 0. The molecule has 76 heavy (non-hydrogen) atoms. The Kier molecular flexibility index (Phi) is 9.14. The molecule has 368 valence electrons. The van der Waals surface area contributed by atoms with Crippen molar-refractivity contribution in [3.63, 3.8) is 0 Å². The number of furan rings is 2. The third kappa shape index (κ3) is 5.63. The third-order valence-corrected chi connectivity index (χ3v) is 18.6. The molecule has 15 aromatic rings. The minimum atomic E-state index is 0.982. The fraction of sp³-hybridized carbons (Fsp3) is 0.167. The smallest absolute Gasteiger partial charge is 0.138 e. The van der Waals surface area contributed by atoms with E-state index in [1.807, 2.05) is 0 Å².